The number of aromatic nitrogens is 1. The Hall–Kier alpha value is -1.46. The molecule has 0 atom stereocenters. The van der Waals surface area contributed by atoms with E-state index in [1.807, 2.05) is 0 Å². The number of hydrogen-bond donors (Lipinski definition) is 2. The lowest BCUT2D eigenvalue weighted by atomic mass is 10.0. The molecule has 2 rings (SSSR count). The summed E-state index contributed by atoms with van der Waals surface area (Å²) in [7, 11) is -3.59. The van der Waals surface area contributed by atoms with E-state index in [9.17, 15) is 8.42 Å². The summed E-state index contributed by atoms with van der Waals surface area (Å²) in [6, 6.07) is 1.45. The lowest BCUT2D eigenvalue weighted by Crippen LogP contribution is -2.32. The Morgan fingerprint density at radius 2 is 2.14 bits per heavy atom. The smallest absolute Gasteiger partial charge is 0.242 e. The van der Waals surface area contributed by atoms with Crippen LogP contribution in [0.15, 0.2) is 23.4 Å². The van der Waals surface area contributed by atoms with Crippen molar-refractivity contribution in [3.63, 3.8) is 0 Å². The Bertz CT molecular complexity index is 628. The molecule has 0 spiro atoms. The van der Waals surface area contributed by atoms with Crippen molar-refractivity contribution in [3.05, 3.63) is 24.0 Å². The van der Waals surface area contributed by atoms with Crippen molar-refractivity contribution >= 4 is 10.0 Å². The number of nitrogens with zero attached hydrogens (tertiary/aromatic N) is 1. The van der Waals surface area contributed by atoms with Gasteiger partial charge in [0, 0.05) is 37.7 Å². The highest BCUT2D eigenvalue weighted by atomic mass is 32.2. The van der Waals surface area contributed by atoms with Gasteiger partial charge < -0.3 is 9.84 Å². The van der Waals surface area contributed by atoms with Gasteiger partial charge in [-0.3, -0.25) is 4.98 Å². The number of sulfonamides is 1. The lowest BCUT2D eigenvalue weighted by molar-refractivity contribution is 0.0678. The highest BCUT2D eigenvalue weighted by Crippen LogP contribution is 2.15. The molecule has 6 nitrogen and oxygen atoms in total. The molecule has 0 aliphatic carbocycles. The molecule has 0 radical (unpaired) electrons. The summed E-state index contributed by atoms with van der Waals surface area (Å²) in [5.74, 6) is 5.41. The third kappa shape index (κ3) is 4.79. The van der Waals surface area contributed by atoms with Gasteiger partial charge in [0.05, 0.1) is 0 Å². The van der Waals surface area contributed by atoms with Gasteiger partial charge in [0.2, 0.25) is 10.0 Å². The molecule has 0 unspecified atom stereocenters. The Morgan fingerprint density at radius 3 is 2.86 bits per heavy atom. The van der Waals surface area contributed by atoms with Gasteiger partial charge in [0.25, 0.3) is 0 Å². The third-order valence-electron chi connectivity index (χ3n) is 3.24. The maximum Gasteiger partial charge on any atom is 0.242 e. The maximum atomic E-state index is 12.2. The van der Waals surface area contributed by atoms with Gasteiger partial charge in [0.15, 0.2) is 0 Å². The van der Waals surface area contributed by atoms with E-state index < -0.39 is 10.0 Å². The van der Waals surface area contributed by atoms with Crippen LogP contribution in [-0.4, -0.2) is 44.9 Å². The average molecular weight is 310 g/mol. The molecule has 0 amide bonds. The second kappa shape index (κ2) is 7.52. The van der Waals surface area contributed by atoms with Crippen LogP contribution in [0.3, 0.4) is 0 Å². The Labute approximate surface area is 124 Å². The standard InChI is InChI=1S/C14H18N2O4S/c17-5-1-2-13-8-14(11-15-9-13)21(18,19)16-10-12-3-6-20-7-4-12/h8-9,11-12,16-17H,3-7,10H2. The van der Waals surface area contributed by atoms with E-state index in [1.54, 1.807) is 0 Å². The molecule has 0 aromatic carbocycles. The molecule has 1 aromatic rings. The SMILES string of the molecule is O=S(=O)(NCC1CCOCC1)c1cncc(C#CCO)c1. The molecule has 1 saturated heterocycles. The monoisotopic (exact) mass is 310 g/mol. The van der Waals surface area contributed by atoms with Gasteiger partial charge in [-0.25, -0.2) is 13.1 Å². The third-order valence-corrected chi connectivity index (χ3v) is 4.63. The largest absolute Gasteiger partial charge is 0.384 e. The van der Waals surface area contributed by atoms with Crippen molar-refractivity contribution in [1.82, 2.24) is 9.71 Å². The van der Waals surface area contributed by atoms with E-state index in [0.29, 0.717) is 31.2 Å². The second-order valence-electron chi connectivity index (χ2n) is 4.78. The first kappa shape index (κ1) is 15.9. The molecule has 114 valence electrons. The Kier molecular flexibility index (Phi) is 5.70. The van der Waals surface area contributed by atoms with Crippen LogP contribution in [0.5, 0.6) is 0 Å². The predicted molar refractivity (Wildman–Crippen MR) is 76.9 cm³/mol. The molecule has 7 heteroatoms. The molecule has 1 aromatic heterocycles. The fraction of sp³-hybridized carbons (Fsp3) is 0.500. The van der Waals surface area contributed by atoms with E-state index in [0.717, 1.165) is 12.8 Å². The summed E-state index contributed by atoms with van der Waals surface area (Å²) in [5, 5.41) is 8.65. The molecule has 0 saturated carbocycles. The zero-order chi connectivity index (χ0) is 15.1. The molecule has 21 heavy (non-hydrogen) atoms. The summed E-state index contributed by atoms with van der Waals surface area (Å²) in [6.07, 6.45) is 4.47. The van der Waals surface area contributed by atoms with E-state index in [2.05, 4.69) is 21.5 Å². The molecular weight excluding hydrogens is 292 g/mol. The number of rotatable bonds is 4. The van der Waals surface area contributed by atoms with Gasteiger partial charge in [-0.15, -0.1) is 0 Å². The van der Waals surface area contributed by atoms with Gasteiger partial charge in [0.1, 0.15) is 11.5 Å². The average Bonchev–Trinajstić information content (AvgIpc) is 2.52. The van der Waals surface area contributed by atoms with Crippen LogP contribution in [0.1, 0.15) is 18.4 Å². The van der Waals surface area contributed by atoms with Crippen molar-refractivity contribution in [2.75, 3.05) is 26.4 Å². The van der Waals surface area contributed by atoms with Crippen LogP contribution in [-0.2, 0) is 14.8 Å². The number of pyridine rings is 1. The van der Waals surface area contributed by atoms with Crippen molar-refractivity contribution in [3.8, 4) is 11.8 Å². The van der Waals surface area contributed by atoms with Crippen LogP contribution in [0.2, 0.25) is 0 Å². The molecule has 0 bridgehead atoms. The van der Waals surface area contributed by atoms with Gasteiger partial charge in [-0.2, -0.15) is 0 Å². The second-order valence-corrected chi connectivity index (χ2v) is 6.54. The number of ether oxygens (including phenoxy) is 1. The highest BCUT2D eigenvalue weighted by molar-refractivity contribution is 7.89. The summed E-state index contributed by atoms with van der Waals surface area (Å²) >= 11 is 0. The predicted octanol–water partition coefficient (Wildman–Crippen LogP) is 0.130. The first-order chi connectivity index (χ1) is 10.1. The molecular formula is C14H18N2O4S. The Morgan fingerprint density at radius 1 is 1.38 bits per heavy atom. The summed E-state index contributed by atoms with van der Waals surface area (Å²) in [4.78, 5) is 3.96. The summed E-state index contributed by atoms with van der Waals surface area (Å²) in [6.45, 7) is 1.48. The quantitative estimate of drug-likeness (QED) is 0.772. The minimum atomic E-state index is -3.59. The van der Waals surface area contributed by atoms with Crippen molar-refractivity contribution in [2.24, 2.45) is 5.92 Å². The minimum absolute atomic E-state index is 0.0827. The first-order valence-corrected chi connectivity index (χ1v) is 8.22. The molecule has 2 heterocycles. The summed E-state index contributed by atoms with van der Waals surface area (Å²) in [5.41, 5.74) is 0.456. The zero-order valence-corrected chi connectivity index (χ0v) is 12.4. The number of aliphatic hydroxyl groups excluding tert-OH is 1. The fourth-order valence-electron chi connectivity index (χ4n) is 2.04. The normalized spacial score (nSPS) is 16.2. The van der Waals surface area contributed by atoms with Gasteiger partial charge in [-0.1, -0.05) is 11.8 Å². The molecule has 2 N–H and O–H groups in total. The number of aliphatic hydroxyl groups is 1. The fourth-order valence-corrected chi connectivity index (χ4v) is 3.14. The molecule has 1 fully saturated rings. The highest BCUT2D eigenvalue weighted by Gasteiger charge is 2.19. The van der Waals surface area contributed by atoms with Crippen LogP contribution in [0.4, 0.5) is 0 Å². The van der Waals surface area contributed by atoms with Crippen molar-refractivity contribution in [2.45, 2.75) is 17.7 Å². The lowest BCUT2D eigenvalue weighted by Gasteiger charge is -2.22. The van der Waals surface area contributed by atoms with E-state index in [1.165, 1.54) is 18.5 Å². The van der Waals surface area contributed by atoms with Crippen LogP contribution >= 0.6 is 0 Å². The minimum Gasteiger partial charge on any atom is -0.384 e. The Balaban J connectivity index is 2.04. The van der Waals surface area contributed by atoms with Crippen molar-refractivity contribution in [1.29, 1.82) is 0 Å². The van der Waals surface area contributed by atoms with Crippen LogP contribution < -0.4 is 4.72 Å². The molecule has 1 aliphatic heterocycles. The van der Waals surface area contributed by atoms with E-state index >= 15 is 0 Å². The van der Waals surface area contributed by atoms with Gasteiger partial charge in [-0.05, 0) is 24.8 Å². The first-order valence-electron chi connectivity index (χ1n) is 6.74. The zero-order valence-electron chi connectivity index (χ0n) is 11.6. The van der Waals surface area contributed by atoms with E-state index in [-0.39, 0.29) is 11.5 Å². The van der Waals surface area contributed by atoms with E-state index in [4.69, 9.17) is 9.84 Å². The van der Waals surface area contributed by atoms with Crippen LogP contribution in [0.25, 0.3) is 0 Å². The molecule has 1 aliphatic rings. The van der Waals surface area contributed by atoms with Crippen LogP contribution in [0, 0.1) is 17.8 Å². The number of hydrogen-bond acceptors (Lipinski definition) is 5. The van der Waals surface area contributed by atoms with Crippen molar-refractivity contribution < 1.29 is 18.3 Å². The maximum absolute atomic E-state index is 12.2. The summed E-state index contributed by atoms with van der Waals surface area (Å²) < 4.78 is 32.3. The topological polar surface area (TPSA) is 88.5 Å². The number of nitrogens with one attached hydrogen (secondary N) is 1. The van der Waals surface area contributed by atoms with Gasteiger partial charge >= 0.3 is 0 Å².